The number of benzene rings is 2. The van der Waals surface area contributed by atoms with Gasteiger partial charge in [-0.25, -0.2) is 0 Å². The van der Waals surface area contributed by atoms with E-state index in [1.807, 2.05) is 90.0 Å². The van der Waals surface area contributed by atoms with E-state index >= 15 is 0 Å². The van der Waals surface area contributed by atoms with Crippen LogP contribution in [0.3, 0.4) is 0 Å². The fourth-order valence-electron chi connectivity index (χ4n) is 5.84. The van der Waals surface area contributed by atoms with Crippen molar-refractivity contribution in [3.8, 4) is 5.75 Å². The van der Waals surface area contributed by atoms with Crippen molar-refractivity contribution in [3.63, 3.8) is 0 Å². The third-order valence-electron chi connectivity index (χ3n) is 7.73. The maximum atomic E-state index is 14.5. The Hall–Kier alpha value is -3.39. The molecule has 1 saturated heterocycles. The molecule has 0 saturated carbocycles. The topological polar surface area (TPSA) is 91.0 Å². The van der Waals surface area contributed by atoms with Gasteiger partial charge in [0.15, 0.2) is 0 Å². The average Bonchev–Trinajstić information content (AvgIpc) is 3.31. The van der Waals surface area contributed by atoms with Crippen molar-refractivity contribution in [2.75, 3.05) is 27.2 Å². The molecule has 0 aromatic heterocycles. The van der Waals surface area contributed by atoms with Crippen molar-refractivity contribution < 1.29 is 19.1 Å². The molecule has 222 valence electrons. The molecule has 2 N–H and O–H groups in total. The fraction of sp³-hybridized carbons (Fsp3) is 0.545. The first kappa shape index (κ1) is 30.6. The Morgan fingerprint density at radius 1 is 1.05 bits per heavy atom. The molecular formula is C33H46N4O4. The lowest BCUT2D eigenvalue weighted by Gasteiger charge is -2.45. The zero-order valence-electron chi connectivity index (χ0n) is 25.6. The molecule has 1 aliphatic heterocycles. The van der Waals surface area contributed by atoms with Gasteiger partial charge in [-0.2, -0.15) is 0 Å². The predicted molar refractivity (Wildman–Crippen MR) is 160 cm³/mol. The summed E-state index contributed by atoms with van der Waals surface area (Å²) in [5.74, 6) is 0.0693. The SMILES string of the molecule is CC(C)CC1C(=O)NC(C2Cc3ccccc3C2)C(=O)N1C(C(=O)NC(C)(C)C)c1ccc(OCCN(C)C)cc1. The first-order chi connectivity index (χ1) is 19.3. The molecule has 1 aliphatic carbocycles. The highest BCUT2D eigenvalue weighted by Gasteiger charge is 2.49. The summed E-state index contributed by atoms with van der Waals surface area (Å²) in [6.45, 7) is 11.1. The van der Waals surface area contributed by atoms with Crippen molar-refractivity contribution in [1.82, 2.24) is 20.4 Å². The van der Waals surface area contributed by atoms with Crippen LogP contribution in [0, 0.1) is 11.8 Å². The molecule has 8 nitrogen and oxygen atoms in total. The number of nitrogens with zero attached hydrogens (tertiary/aromatic N) is 2. The first-order valence-corrected chi connectivity index (χ1v) is 14.7. The molecule has 2 aliphatic rings. The van der Waals surface area contributed by atoms with E-state index in [-0.39, 0.29) is 29.6 Å². The standard InChI is InChI=1S/C33H46N4O4/c1-21(2)18-27-30(38)34-28(25-19-23-10-8-9-11-24(23)20-25)32(40)37(27)29(31(39)35-33(3,4)5)22-12-14-26(15-13-22)41-17-16-36(6)7/h8-15,21,25,27-29H,16-20H2,1-7H3,(H,34,38)(H,35,39). The van der Waals surface area contributed by atoms with Crippen molar-refractivity contribution >= 4 is 17.7 Å². The summed E-state index contributed by atoms with van der Waals surface area (Å²) in [4.78, 5) is 45.8. The number of piperazine rings is 1. The lowest BCUT2D eigenvalue weighted by Crippen LogP contribution is -2.67. The van der Waals surface area contributed by atoms with Gasteiger partial charge < -0.3 is 25.2 Å². The molecule has 3 amide bonds. The summed E-state index contributed by atoms with van der Waals surface area (Å²) in [6, 6.07) is 13.1. The summed E-state index contributed by atoms with van der Waals surface area (Å²) in [5.41, 5.74) is 2.55. The smallest absolute Gasteiger partial charge is 0.247 e. The van der Waals surface area contributed by atoms with E-state index in [2.05, 4.69) is 22.8 Å². The second-order valence-corrected chi connectivity index (χ2v) is 13.2. The van der Waals surface area contributed by atoms with E-state index in [4.69, 9.17) is 4.74 Å². The Kier molecular flexibility index (Phi) is 9.42. The first-order valence-electron chi connectivity index (χ1n) is 14.7. The van der Waals surface area contributed by atoms with E-state index in [0.717, 1.165) is 6.54 Å². The van der Waals surface area contributed by atoms with E-state index in [0.29, 0.717) is 37.2 Å². The number of carbonyl (C=O) groups excluding carboxylic acids is 3. The minimum absolute atomic E-state index is 0.0647. The second kappa shape index (κ2) is 12.6. The van der Waals surface area contributed by atoms with Crippen molar-refractivity contribution in [1.29, 1.82) is 0 Å². The third kappa shape index (κ3) is 7.47. The Morgan fingerprint density at radius 3 is 2.20 bits per heavy atom. The monoisotopic (exact) mass is 562 g/mol. The van der Waals surface area contributed by atoms with E-state index < -0.39 is 23.7 Å². The third-order valence-corrected chi connectivity index (χ3v) is 7.73. The molecule has 3 atom stereocenters. The molecule has 2 aromatic rings. The lowest BCUT2D eigenvalue weighted by atomic mass is 9.87. The molecule has 8 heteroatoms. The van der Waals surface area contributed by atoms with Crippen LogP contribution < -0.4 is 15.4 Å². The van der Waals surface area contributed by atoms with Gasteiger partial charge in [0.2, 0.25) is 17.7 Å². The highest BCUT2D eigenvalue weighted by Crippen LogP contribution is 2.36. The Balaban J connectivity index is 1.70. The fourth-order valence-corrected chi connectivity index (χ4v) is 5.84. The van der Waals surface area contributed by atoms with Crippen LogP contribution in [0.2, 0.25) is 0 Å². The van der Waals surface area contributed by atoms with Crippen LogP contribution >= 0.6 is 0 Å². The van der Waals surface area contributed by atoms with Gasteiger partial charge in [0.25, 0.3) is 0 Å². The molecule has 3 unspecified atom stereocenters. The number of rotatable bonds is 10. The largest absolute Gasteiger partial charge is 0.492 e. The molecule has 2 aromatic carbocycles. The average molecular weight is 563 g/mol. The van der Waals surface area contributed by atoms with Crippen LogP contribution in [0.5, 0.6) is 5.75 Å². The summed E-state index contributed by atoms with van der Waals surface area (Å²) < 4.78 is 5.88. The van der Waals surface area contributed by atoms with Gasteiger partial charge in [-0.3, -0.25) is 14.4 Å². The number of ether oxygens (including phenoxy) is 1. The molecule has 4 rings (SSSR count). The van der Waals surface area contributed by atoms with E-state index in [1.165, 1.54) is 11.1 Å². The highest BCUT2D eigenvalue weighted by molar-refractivity contribution is 6.00. The number of nitrogens with one attached hydrogen (secondary N) is 2. The zero-order chi connectivity index (χ0) is 29.9. The maximum absolute atomic E-state index is 14.5. The van der Waals surface area contributed by atoms with Crippen LogP contribution in [-0.2, 0) is 27.2 Å². The van der Waals surface area contributed by atoms with Crippen molar-refractivity contribution in [3.05, 3.63) is 65.2 Å². The Labute approximate surface area is 244 Å². The summed E-state index contributed by atoms with van der Waals surface area (Å²) in [5, 5.41) is 6.16. The molecule has 1 heterocycles. The number of fused-ring (bicyclic) bond motifs is 1. The molecule has 41 heavy (non-hydrogen) atoms. The predicted octanol–water partition coefficient (Wildman–Crippen LogP) is 3.74. The molecule has 0 radical (unpaired) electrons. The van der Waals surface area contributed by atoms with Crippen LogP contribution in [0.4, 0.5) is 0 Å². The Morgan fingerprint density at radius 2 is 1.66 bits per heavy atom. The minimum Gasteiger partial charge on any atom is -0.492 e. The van der Waals surface area contributed by atoms with Gasteiger partial charge in [-0.15, -0.1) is 0 Å². The summed E-state index contributed by atoms with van der Waals surface area (Å²) in [7, 11) is 3.98. The van der Waals surface area contributed by atoms with Crippen molar-refractivity contribution in [2.45, 2.75) is 77.5 Å². The lowest BCUT2D eigenvalue weighted by molar-refractivity contribution is -0.158. The van der Waals surface area contributed by atoms with Crippen LogP contribution in [-0.4, -0.2) is 72.4 Å². The maximum Gasteiger partial charge on any atom is 0.247 e. The molecule has 0 spiro atoms. The quantitative estimate of drug-likeness (QED) is 0.461. The van der Waals surface area contributed by atoms with Gasteiger partial charge in [0, 0.05) is 12.1 Å². The number of carbonyl (C=O) groups is 3. The van der Waals surface area contributed by atoms with Gasteiger partial charge in [-0.1, -0.05) is 50.2 Å². The molecular weight excluding hydrogens is 516 g/mol. The highest BCUT2D eigenvalue weighted by atomic mass is 16.5. The van der Waals surface area contributed by atoms with E-state index in [1.54, 1.807) is 4.90 Å². The minimum atomic E-state index is -0.960. The summed E-state index contributed by atoms with van der Waals surface area (Å²) >= 11 is 0. The second-order valence-electron chi connectivity index (χ2n) is 13.2. The van der Waals surface area contributed by atoms with Gasteiger partial charge >= 0.3 is 0 Å². The number of hydrogen-bond acceptors (Lipinski definition) is 5. The number of likely N-dealkylation sites (N-methyl/N-ethyl adjacent to an activating group) is 1. The van der Waals surface area contributed by atoms with Crippen LogP contribution in [0.15, 0.2) is 48.5 Å². The van der Waals surface area contributed by atoms with Gasteiger partial charge in [-0.05, 0) is 94.8 Å². The zero-order valence-corrected chi connectivity index (χ0v) is 25.6. The van der Waals surface area contributed by atoms with Crippen LogP contribution in [0.1, 0.15) is 63.8 Å². The molecule has 1 fully saturated rings. The van der Waals surface area contributed by atoms with Gasteiger partial charge in [0.1, 0.15) is 30.5 Å². The normalized spacial score (nSPS) is 20.3. The number of hydrogen-bond donors (Lipinski definition) is 2. The van der Waals surface area contributed by atoms with Crippen LogP contribution in [0.25, 0.3) is 0 Å². The van der Waals surface area contributed by atoms with Crippen molar-refractivity contribution in [2.24, 2.45) is 11.8 Å². The number of amides is 3. The van der Waals surface area contributed by atoms with Gasteiger partial charge in [0.05, 0.1) is 0 Å². The summed E-state index contributed by atoms with van der Waals surface area (Å²) in [6.07, 6.45) is 1.89. The Bertz CT molecular complexity index is 1210. The molecule has 0 bridgehead atoms. The van der Waals surface area contributed by atoms with E-state index in [9.17, 15) is 14.4 Å².